The third kappa shape index (κ3) is 3.09. The number of rotatable bonds is 5. The van der Waals surface area contributed by atoms with Gasteiger partial charge in [0.05, 0.1) is 15.6 Å². The van der Waals surface area contributed by atoms with Gasteiger partial charge in [-0.2, -0.15) is 0 Å². The van der Waals surface area contributed by atoms with Gasteiger partial charge in [0.1, 0.15) is 12.0 Å². The van der Waals surface area contributed by atoms with Crippen molar-refractivity contribution in [2.45, 2.75) is 24.4 Å². The van der Waals surface area contributed by atoms with Crippen LogP contribution in [0.25, 0.3) is 9.88 Å². The second kappa shape index (κ2) is 6.30. The number of pyridine rings is 1. The number of aromatic nitrogens is 3. The molecule has 0 unspecified atom stereocenters. The molecule has 0 saturated heterocycles. The molecular formula is C16H15F2N5S2. The minimum Gasteiger partial charge on any atom is -0.391 e. The van der Waals surface area contributed by atoms with E-state index >= 15 is 0 Å². The number of nitrogens with one attached hydrogen (secondary N) is 1. The molecule has 1 fully saturated rings. The van der Waals surface area contributed by atoms with Crippen LogP contribution in [0.5, 0.6) is 0 Å². The predicted octanol–water partition coefficient (Wildman–Crippen LogP) is 3.86. The van der Waals surface area contributed by atoms with E-state index in [0.717, 1.165) is 9.88 Å². The Morgan fingerprint density at radius 3 is 2.76 bits per heavy atom. The Hall–Kier alpha value is -2.13. The van der Waals surface area contributed by atoms with Gasteiger partial charge in [-0.05, 0) is 37.1 Å². The maximum Gasteiger partial charge on any atom is 0.206 e. The predicted molar refractivity (Wildman–Crippen MR) is 96.1 cm³/mol. The Balaban J connectivity index is 1.51. The van der Waals surface area contributed by atoms with Crippen LogP contribution in [0.15, 0.2) is 30.5 Å². The molecule has 0 radical (unpaired) electrons. The van der Waals surface area contributed by atoms with Gasteiger partial charge < -0.3 is 11.1 Å². The highest BCUT2D eigenvalue weighted by molar-refractivity contribution is 7.25. The Labute approximate surface area is 150 Å². The first-order valence-electron chi connectivity index (χ1n) is 7.74. The van der Waals surface area contributed by atoms with E-state index in [9.17, 15) is 8.78 Å². The number of nitrogen functional groups attached to an aromatic ring is 1. The second-order valence-corrected chi connectivity index (χ2v) is 8.18. The smallest absolute Gasteiger partial charge is 0.206 e. The normalized spacial score (nSPS) is 22.6. The van der Waals surface area contributed by atoms with Crippen molar-refractivity contribution >= 4 is 32.8 Å². The van der Waals surface area contributed by atoms with Crippen LogP contribution in [-0.2, 0) is 5.41 Å². The van der Waals surface area contributed by atoms with E-state index < -0.39 is 17.4 Å². The molecule has 0 aliphatic heterocycles. The lowest BCUT2D eigenvalue weighted by Crippen LogP contribution is -2.48. The average Bonchev–Trinajstić information content (AvgIpc) is 3.20. The average molecular weight is 379 g/mol. The van der Waals surface area contributed by atoms with Crippen molar-refractivity contribution in [2.24, 2.45) is 0 Å². The molecule has 130 valence electrons. The zero-order valence-corrected chi connectivity index (χ0v) is 14.7. The van der Waals surface area contributed by atoms with Gasteiger partial charge in [0.2, 0.25) is 5.13 Å². The van der Waals surface area contributed by atoms with E-state index in [1.807, 2.05) is 12.1 Å². The number of halogens is 2. The van der Waals surface area contributed by atoms with E-state index in [1.165, 1.54) is 41.0 Å². The summed E-state index contributed by atoms with van der Waals surface area (Å²) in [6.45, 7) is 0.364. The SMILES string of the molecule is Nc1ccc(-c2nnc(NC[C@]3(c4ncccc4F)C[C@H](F)C3)s2)s1. The highest BCUT2D eigenvalue weighted by Crippen LogP contribution is 2.46. The molecule has 0 spiro atoms. The van der Waals surface area contributed by atoms with Crippen LogP contribution in [0.1, 0.15) is 18.5 Å². The van der Waals surface area contributed by atoms with Crippen molar-refractivity contribution in [1.29, 1.82) is 0 Å². The Bertz CT molecular complexity index is 888. The molecule has 3 aromatic heterocycles. The quantitative estimate of drug-likeness (QED) is 0.704. The number of anilines is 2. The van der Waals surface area contributed by atoms with Crippen molar-refractivity contribution in [3.63, 3.8) is 0 Å². The van der Waals surface area contributed by atoms with Crippen molar-refractivity contribution in [1.82, 2.24) is 15.2 Å². The summed E-state index contributed by atoms with van der Waals surface area (Å²) in [4.78, 5) is 5.09. The molecule has 3 heterocycles. The molecule has 9 heteroatoms. The van der Waals surface area contributed by atoms with Crippen molar-refractivity contribution in [3.8, 4) is 9.88 Å². The summed E-state index contributed by atoms with van der Waals surface area (Å²) >= 11 is 2.83. The number of thiophene rings is 1. The maximum absolute atomic E-state index is 14.1. The number of hydrogen-bond acceptors (Lipinski definition) is 7. The zero-order chi connectivity index (χ0) is 17.4. The number of nitrogens with zero attached hydrogens (tertiary/aromatic N) is 3. The minimum atomic E-state index is -0.928. The van der Waals surface area contributed by atoms with E-state index in [-0.39, 0.29) is 12.8 Å². The molecule has 0 bridgehead atoms. The molecule has 0 aromatic carbocycles. The van der Waals surface area contributed by atoms with Crippen LogP contribution in [0.3, 0.4) is 0 Å². The topological polar surface area (TPSA) is 76.7 Å². The highest BCUT2D eigenvalue weighted by atomic mass is 32.1. The molecule has 1 saturated carbocycles. The molecule has 1 aliphatic rings. The molecule has 3 aromatic rings. The monoisotopic (exact) mass is 379 g/mol. The van der Waals surface area contributed by atoms with Crippen LogP contribution in [0.2, 0.25) is 0 Å². The van der Waals surface area contributed by atoms with Crippen LogP contribution in [0, 0.1) is 5.82 Å². The number of alkyl halides is 1. The van der Waals surface area contributed by atoms with Gasteiger partial charge in [-0.15, -0.1) is 21.5 Å². The van der Waals surface area contributed by atoms with Gasteiger partial charge in [-0.1, -0.05) is 11.3 Å². The van der Waals surface area contributed by atoms with E-state index in [0.29, 0.717) is 22.4 Å². The van der Waals surface area contributed by atoms with Crippen LogP contribution >= 0.6 is 22.7 Å². The third-order valence-corrected chi connectivity index (χ3v) is 6.29. The van der Waals surface area contributed by atoms with Gasteiger partial charge >= 0.3 is 0 Å². The second-order valence-electron chi connectivity index (χ2n) is 6.09. The van der Waals surface area contributed by atoms with E-state index in [2.05, 4.69) is 20.5 Å². The fourth-order valence-corrected chi connectivity index (χ4v) is 4.66. The molecule has 0 atom stereocenters. The first-order valence-corrected chi connectivity index (χ1v) is 9.37. The van der Waals surface area contributed by atoms with Crippen LogP contribution in [-0.4, -0.2) is 27.9 Å². The van der Waals surface area contributed by atoms with Crippen molar-refractivity contribution in [2.75, 3.05) is 17.6 Å². The van der Waals surface area contributed by atoms with Crippen molar-refractivity contribution in [3.05, 3.63) is 42.0 Å². The number of nitrogens with two attached hydrogens (primary N) is 1. The first kappa shape index (κ1) is 16.3. The van der Waals surface area contributed by atoms with Gasteiger partial charge in [0.25, 0.3) is 0 Å². The molecule has 1 aliphatic carbocycles. The highest BCUT2D eigenvalue weighted by Gasteiger charge is 2.48. The molecule has 25 heavy (non-hydrogen) atoms. The first-order chi connectivity index (χ1) is 12.1. The maximum atomic E-state index is 14.1. The zero-order valence-electron chi connectivity index (χ0n) is 13.1. The van der Waals surface area contributed by atoms with E-state index in [4.69, 9.17) is 5.73 Å². The molecular weight excluding hydrogens is 364 g/mol. The Kier molecular flexibility index (Phi) is 4.12. The lowest BCUT2D eigenvalue weighted by Gasteiger charge is -2.43. The van der Waals surface area contributed by atoms with Gasteiger partial charge in [0.15, 0.2) is 5.01 Å². The van der Waals surface area contributed by atoms with Crippen molar-refractivity contribution < 1.29 is 8.78 Å². The fourth-order valence-electron chi connectivity index (χ4n) is 3.09. The lowest BCUT2D eigenvalue weighted by atomic mass is 9.65. The molecule has 5 nitrogen and oxygen atoms in total. The van der Waals surface area contributed by atoms with E-state index in [1.54, 1.807) is 0 Å². The molecule has 0 amide bonds. The van der Waals surface area contributed by atoms with Crippen LogP contribution < -0.4 is 11.1 Å². The summed E-state index contributed by atoms with van der Waals surface area (Å²) in [5.41, 5.74) is 5.40. The number of hydrogen-bond donors (Lipinski definition) is 2. The van der Waals surface area contributed by atoms with Gasteiger partial charge in [0, 0.05) is 18.2 Å². The fraction of sp³-hybridized carbons (Fsp3) is 0.312. The summed E-state index contributed by atoms with van der Waals surface area (Å²) in [5, 5.41) is 13.5. The summed E-state index contributed by atoms with van der Waals surface area (Å²) < 4.78 is 27.7. The lowest BCUT2D eigenvalue weighted by molar-refractivity contribution is 0.0965. The largest absolute Gasteiger partial charge is 0.391 e. The summed E-state index contributed by atoms with van der Waals surface area (Å²) in [5.74, 6) is -0.400. The standard InChI is InChI=1S/C16H15F2N5S2/c17-9-6-16(7-9,13-10(18)2-1-5-20-13)8-21-15-23-22-14(25-15)11-3-4-12(19)24-11/h1-5,9H,6-8,19H2,(H,21,23)/t9-,16-. The van der Waals surface area contributed by atoms with Gasteiger partial charge in [-0.25, -0.2) is 8.78 Å². The summed E-state index contributed by atoms with van der Waals surface area (Å²) in [7, 11) is 0. The minimum absolute atomic E-state index is 0.251. The van der Waals surface area contributed by atoms with Crippen LogP contribution in [0.4, 0.5) is 18.9 Å². The molecule has 3 N–H and O–H groups in total. The third-order valence-electron chi connectivity index (χ3n) is 4.33. The Morgan fingerprint density at radius 2 is 2.08 bits per heavy atom. The summed E-state index contributed by atoms with van der Waals surface area (Å²) in [6, 6.07) is 6.62. The Morgan fingerprint density at radius 1 is 1.24 bits per heavy atom. The van der Waals surface area contributed by atoms with Gasteiger partial charge in [-0.3, -0.25) is 4.98 Å². The molecule has 4 rings (SSSR count). The summed E-state index contributed by atoms with van der Waals surface area (Å²) in [6.07, 6.45) is 1.11.